The van der Waals surface area contributed by atoms with Gasteiger partial charge in [-0.25, -0.2) is 4.98 Å². The first-order valence-corrected chi connectivity index (χ1v) is 8.42. The van der Waals surface area contributed by atoms with Crippen LogP contribution in [0.5, 0.6) is 11.5 Å². The number of nitrogens with zero attached hydrogens (tertiary/aromatic N) is 1. The summed E-state index contributed by atoms with van der Waals surface area (Å²) in [4.78, 5) is 4.74. The topological polar surface area (TPSA) is 60.8 Å². The maximum Gasteiger partial charge on any atom is 0.487 e. The van der Waals surface area contributed by atoms with E-state index in [-0.39, 0.29) is 0 Å². The van der Waals surface area contributed by atoms with E-state index in [4.69, 9.17) is 19.1 Å². The fourth-order valence-corrected chi connectivity index (χ4v) is 2.75. The number of hydrogen-bond donors (Lipinski definition) is 1. The molecule has 1 aromatic heterocycles. The second-order valence-corrected chi connectivity index (χ2v) is 5.95. The molecule has 1 aliphatic rings. The van der Waals surface area contributed by atoms with Crippen LogP contribution in [0.25, 0.3) is 16.8 Å². The second-order valence-electron chi connectivity index (χ2n) is 5.95. The molecule has 0 radical (unpaired) electrons. The molecule has 1 aliphatic heterocycles. The number of benzene rings is 1. The summed E-state index contributed by atoms with van der Waals surface area (Å²) in [6.07, 6.45) is 0.927. The smallest absolute Gasteiger partial charge is 0.487 e. The van der Waals surface area contributed by atoms with Gasteiger partial charge < -0.3 is 19.2 Å². The van der Waals surface area contributed by atoms with Crippen LogP contribution in [0.2, 0.25) is 0 Å². The van der Waals surface area contributed by atoms with Crippen molar-refractivity contribution < 1.29 is 19.2 Å². The summed E-state index contributed by atoms with van der Waals surface area (Å²) in [6.45, 7) is 4.94. The molecule has 0 amide bonds. The predicted molar refractivity (Wildman–Crippen MR) is 98.5 cm³/mol. The van der Waals surface area contributed by atoms with E-state index in [1.54, 1.807) is 7.11 Å². The summed E-state index contributed by atoms with van der Waals surface area (Å²) in [5.74, 6) is 1.42. The van der Waals surface area contributed by atoms with Crippen LogP contribution in [0.15, 0.2) is 41.9 Å². The van der Waals surface area contributed by atoms with Crippen LogP contribution in [0.3, 0.4) is 0 Å². The minimum atomic E-state index is -0.838. The van der Waals surface area contributed by atoms with Crippen molar-refractivity contribution in [3.05, 3.63) is 47.6 Å². The van der Waals surface area contributed by atoms with Gasteiger partial charge in [-0.3, -0.25) is 0 Å². The summed E-state index contributed by atoms with van der Waals surface area (Å²) in [7, 11) is 0.795. The molecule has 2 heterocycles. The maximum atomic E-state index is 9.75. The predicted octanol–water partition coefficient (Wildman–Crippen LogP) is 3.37. The van der Waals surface area contributed by atoms with Gasteiger partial charge in [0.1, 0.15) is 0 Å². The van der Waals surface area contributed by atoms with Crippen LogP contribution in [-0.2, 0) is 4.65 Å². The van der Waals surface area contributed by atoms with E-state index < -0.39 is 7.12 Å². The molecule has 1 N–H and O–H groups in total. The van der Waals surface area contributed by atoms with Crippen molar-refractivity contribution >= 4 is 12.7 Å². The molecule has 6 heteroatoms. The number of methoxy groups -OCH3 is 1. The molecular formula is C19H22BNO4. The molecule has 0 spiro atoms. The van der Waals surface area contributed by atoms with Gasteiger partial charge in [0.05, 0.1) is 31.7 Å². The van der Waals surface area contributed by atoms with Gasteiger partial charge in [0.2, 0.25) is 0 Å². The monoisotopic (exact) mass is 339 g/mol. The molecule has 130 valence electrons. The minimum Gasteiger partial charge on any atom is -0.493 e. The van der Waals surface area contributed by atoms with Crippen molar-refractivity contribution in [2.24, 2.45) is 0 Å². The molecule has 0 bridgehead atoms. The average Bonchev–Trinajstić information content (AvgIpc) is 2.98. The highest BCUT2D eigenvalue weighted by Crippen LogP contribution is 2.33. The lowest BCUT2D eigenvalue weighted by Gasteiger charge is -2.12. The van der Waals surface area contributed by atoms with Crippen molar-refractivity contribution in [1.29, 1.82) is 0 Å². The molecule has 0 fully saturated rings. The third-order valence-corrected chi connectivity index (χ3v) is 4.21. The highest BCUT2D eigenvalue weighted by molar-refractivity contribution is 6.55. The summed E-state index contributed by atoms with van der Waals surface area (Å²) in [5.41, 5.74) is 4.35. The molecule has 0 atom stereocenters. The van der Waals surface area contributed by atoms with Gasteiger partial charge in [-0.1, -0.05) is 13.0 Å². The largest absolute Gasteiger partial charge is 0.493 e. The Balaban J connectivity index is 1.96. The zero-order valence-corrected chi connectivity index (χ0v) is 14.8. The quantitative estimate of drug-likeness (QED) is 0.818. The molecule has 1 aromatic carbocycles. The lowest BCUT2D eigenvalue weighted by Crippen LogP contribution is -2.12. The van der Waals surface area contributed by atoms with Crippen LogP contribution in [-0.4, -0.2) is 37.4 Å². The first-order valence-electron chi connectivity index (χ1n) is 8.42. The third kappa shape index (κ3) is 3.70. The maximum absolute atomic E-state index is 9.75. The van der Waals surface area contributed by atoms with E-state index in [1.165, 1.54) is 0 Å². The third-order valence-electron chi connectivity index (χ3n) is 4.21. The van der Waals surface area contributed by atoms with Gasteiger partial charge in [-0.2, -0.15) is 0 Å². The fraction of sp³-hybridized carbons (Fsp3) is 0.316. The lowest BCUT2D eigenvalue weighted by atomic mass is 9.79. The average molecular weight is 339 g/mol. The van der Waals surface area contributed by atoms with Crippen molar-refractivity contribution in [2.45, 2.75) is 20.3 Å². The van der Waals surface area contributed by atoms with Crippen LogP contribution in [0.4, 0.5) is 0 Å². The number of rotatable bonds is 6. The molecule has 25 heavy (non-hydrogen) atoms. The number of aromatic nitrogens is 1. The standard InChI is InChI=1S/C19H22BNO4/c1-4-10-24-19-11-14(8-9-18(19)23-3)16-6-5-7-17(21-16)15-12-25-20(22)13(15)2/h5-9,11,22H,4,10,12H2,1-3H3. The van der Waals surface area contributed by atoms with E-state index >= 15 is 0 Å². The number of pyridine rings is 1. The molecule has 0 unspecified atom stereocenters. The Hall–Kier alpha value is -2.31. The minimum absolute atomic E-state index is 0.372. The Bertz CT molecular complexity index is 791. The fourth-order valence-electron chi connectivity index (χ4n) is 2.75. The van der Waals surface area contributed by atoms with Crippen LogP contribution in [0.1, 0.15) is 26.0 Å². The molecule has 5 nitrogen and oxygen atoms in total. The number of allylic oxidation sites excluding steroid dienone is 1. The van der Waals surface area contributed by atoms with Crippen LogP contribution >= 0.6 is 0 Å². The van der Waals surface area contributed by atoms with Crippen LogP contribution < -0.4 is 9.47 Å². The highest BCUT2D eigenvalue weighted by atomic mass is 16.5. The Morgan fingerprint density at radius 1 is 1.20 bits per heavy atom. The van der Waals surface area contributed by atoms with Gasteiger partial charge >= 0.3 is 7.12 Å². The van der Waals surface area contributed by atoms with Crippen molar-refractivity contribution in [3.63, 3.8) is 0 Å². The SMILES string of the molecule is CCCOc1cc(-c2cccc(C3=C(C)B(O)OC3)n2)ccc1OC. The van der Waals surface area contributed by atoms with Crippen molar-refractivity contribution in [2.75, 3.05) is 20.3 Å². The summed E-state index contributed by atoms with van der Waals surface area (Å²) in [5, 5.41) is 9.75. The molecular weight excluding hydrogens is 317 g/mol. The second kappa shape index (κ2) is 7.72. The Morgan fingerprint density at radius 3 is 2.68 bits per heavy atom. The van der Waals surface area contributed by atoms with Gasteiger partial charge in [0.25, 0.3) is 0 Å². The summed E-state index contributed by atoms with van der Waals surface area (Å²) in [6, 6.07) is 11.6. The first-order chi connectivity index (χ1) is 12.1. The molecule has 2 aromatic rings. The van der Waals surface area contributed by atoms with Crippen molar-refractivity contribution in [1.82, 2.24) is 4.98 Å². The van der Waals surface area contributed by atoms with Crippen LogP contribution in [0, 0.1) is 0 Å². The van der Waals surface area contributed by atoms with Gasteiger partial charge in [0, 0.05) is 5.56 Å². The zero-order chi connectivity index (χ0) is 17.8. The molecule has 3 rings (SSSR count). The highest BCUT2D eigenvalue weighted by Gasteiger charge is 2.28. The summed E-state index contributed by atoms with van der Waals surface area (Å²) >= 11 is 0. The number of ether oxygens (including phenoxy) is 2. The van der Waals surface area contributed by atoms with E-state index in [0.29, 0.717) is 24.7 Å². The van der Waals surface area contributed by atoms with Gasteiger partial charge in [-0.05, 0) is 54.7 Å². The first kappa shape index (κ1) is 17.5. The Kier molecular flexibility index (Phi) is 5.41. The number of hydrogen-bond acceptors (Lipinski definition) is 5. The Labute approximate surface area is 148 Å². The normalized spacial score (nSPS) is 14.2. The molecule has 0 saturated carbocycles. The molecule has 0 aliphatic carbocycles. The van der Waals surface area contributed by atoms with E-state index in [0.717, 1.165) is 34.4 Å². The zero-order valence-electron chi connectivity index (χ0n) is 14.8. The van der Waals surface area contributed by atoms with Gasteiger partial charge in [-0.15, -0.1) is 0 Å². The lowest BCUT2D eigenvalue weighted by molar-refractivity contribution is 0.294. The summed E-state index contributed by atoms with van der Waals surface area (Å²) < 4.78 is 16.4. The van der Waals surface area contributed by atoms with Crippen molar-refractivity contribution in [3.8, 4) is 22.8 Å². The van der Waals surface area contributed by atoms with Gasteiger partial charge in [0.15, 0.2) is 11.5 Å². The van der Waals surface area contributed by atoms with E-state index in [1.807, 2.05) is 43.3 Å². The van der Waals surface area contributed by atoms with E-state index in [2.05, 4.69) is 6.92 Å². The Morgan fingerprint density at radius 2 is 2.00 bits per heavy atom. The molecule has 0 saturated heterocycles. The van der Waals surface area contributed by atoms with E-state index in [9.17, 15) is 5.02 Å².